The minimum Gasteiger partial charge on any atom is -0.298 e. The summed E-state index contributed by atoms with van der Waals surface area (Å²) in [5.74, 6) is 0. The first-order valence-electron chi connectivity index (χ1n) is 6.34. The molecule has 0 atom stereocenters. The molecule has 1 nitrogen and oxygen atoms in total. The summed E-state index contributed by atoms with van der Waals surface area (Å²) < 4.78 is 0. The first kappa shape index (κ1) is 11.7. The van der Waals surface area contributed by atoms with Crippen molar-refractivity contribution >= 4 is 17.1 Å². The smallest absolute Gasteiger partial charge is 0.151 e. The highest BCUT2D eigenvalue weighted by atomic mass is 16.1. The molecular weight excluding hydrogens is 232 g/mol. The summed E-state index contributed by atoms with van der Waals surface area (Å²) in [6.07, 6.45) is 0.970. The Bertz CT molecular complexity index is 742. The highest BCUT2D eigenvalue weighted by Gasteiger charge is 2.11. The molecule has 0 unspecified atom stereocenters. The van der Waals surface area contributed by atoms with Crippen LogP contribution < -0.4 is 0 Å². The van der Waals surface area contributed by atoms with Crippen LogP contribution in [-0.2, 0) is 0 Å². The van der Waals surface area contributed by atoms with Crippen LogP contribution in [0.5, 0.6) is 0 Å². The van der Waals surface area contributed by atoms with Gasteiger partial charge in [-0.1, -0.05) is 60.7 Å². The van der Waals surface area contributed by atoms with Gasteiger partial charge in [-0.05, 0) is 34.4 Å². The van der Waals surface area contributed by atoms with Crippen LogP contribution in [0.2, 0.25) is 0 Å². The summed E-state index contributed by atoms with van der Waals surface area (Å²) in [4.78, 5) is 11.6. The van der Waals surface area contributed by atoms with Crippen molar-refractivity contribution in [1.29, 1.82) is 0 Å². The highest BCUT2D eigenvalue weighted by Crippen LogP contribution is 2.32. The molecule has 0 saturated heterocycles. The van der Waals surface area contributed by atoms with Crippen LogP contribution in [0.3, 0.4) is 0 Å². The number of rotatable bonds is 2. The number of benzene rings is 3. The van der Waals surface area contributed by atoms with Crippen LogP contribution in [0.25, 0.3) is 21.9 Å². The molecule has 0 aliphatic heterocycles. The first-order valence-corrected chi connectivity index (χ1v) is 6.34. The normalized spacial score (nSPS) is 10.6. The average Bonchev–Trinajstić information content (AvgIpc) is 2.46. The Morgan fingerprint density at radius 2 is 1.58 bits per heavy atom. The maximum absolute atomic E-state index is 11.6. The summed E-state index contributed by atoms with van der Waals surface area (Å²) in [5.41, 5.74) is 4.04. The molecule has 0 heterocycles. The number of carbonyl (C=O) groups excluding carboxylic acids is 1. The van der Waals surface area contributed by atoms with E-state index in [0.717, 1.165) is 39.3 Å². The molecule has 0 radical (unpaired) electrons. The van der Waals surface area contributed by atoms with E-state index >= 15 is 0 Å². The fraction of sp³-hybridized carbons (Fsp3) is 0.0556. The van der Waals surface area contributed by atoms with Gasteiger partial charge in [0.05, 0.1) is 0 Å². The topological polar surface area (TPSA) is 17.1 Å². The zero-order valence-electron chi connectivity index (χ0n) is 10.8. The van der Waals surface area contributed by atoms with Gasteiger partial charge in [-0.2, -0.15) is 0 Å². The third kappa shape index (κ3) is 1.93. The zero-order chi connectivity index (χ0) is 13.2. The van der Waals surface area contributed by atoms with E-state index in [9.17, 15) is 4.79 Å². The molecule has 0 spiro atoms. The largest absolute Gasteiger partial charge is 0.298 e. The van der Waals surface area contributed by atoms with E-state index in [1.165, 1.54) is 0 Å². The van der Waals surface area contributed by atoms with Crippen LogP contribution in [0.1, 0.15) is 15.9 Å². The van der Waals surface area contributed by atoms with Crippen molar-refractivity contribution < 1.29 is 4.79 Å². The quantitative estimate of drug-likeness (QED) is 0.602. The minimum atomic E-state index is 0.779. The van der Waals surface area contributed by atoms with Crippen molar-refractivity contribution in [2.45, 2.75) is 6.92 Å². The maximum atomic E-state index is 11.6. The van der Waals surface area contributed by atoms with Gasteiger partial charge in [0.1, 0.15) is 0 Å². The fourth-order valence-corrected chi connectivity index (χ4v) is 2.63. The van der Waals surface area contributed by atoms with Gasteiger partial charge in [0.15, 0.2) is 6.29 Å². The second kappa shape index (κ2) is 4.69. The number of carbonyl (C=O) groups is 1. The van der Waals surface area contributed by atoms with Gasteiger partial charge >= 0.3 is 0 Å². The Hall–Kier alpha value is -2.41. The Kier molecular flexibility index (Phi) is 2.88. The van der Waals surface area contributed by atoms with Crippen LogP contribution in [0.4, 0.5) is 0 Å². The van der Waals surface area contributed by atoms with E-state index in [-0.39, 0.29) is 0 Å². The van der Waals surface area contributed by atoms with Gasteiger partial charge in [-0.25, -0.2) is 0 Å². The van der Waals surface area contributed by atoms with Crippen LogP contribution >= 0.6 is 0 Å². The number of fused-ring (bicyclic) bond motifs is 1. The molecule has 92 valence electrons. The van der Waals surface area contributed by atoms with Gasteiger partial charge in [0.25, 0.3) is 0 Å². The molecule has 3 aromatic carbocycles. The molecule has 0 bridgehead atoms. The number of hydrogen-bond donors (Lipinski definition) is 0. The van der Waals surface area contributed by atoms with Crippen molar-refractivity contribution in [2.24, 2.45) is 0 Å². The first-order chi connectivity index (χ1) is 9.31. The lowest BCUT2D eigenvalue weighted by Gasteiger charge is -2.12. The monoisotopic (exact) mass is 246 g/mol. The molecule has 0 saturated carbocycles. The third-order valence-corrected chi connectivity index (χ3v) is 3.47. The van der Waals surface area contributed by atoms with Crippen molar-refractivity contribution in [3.8, 4) is 11.1 Å². The summed E-state index contributed by atoms with van der Waals surface area (Å²) in [7, 11) is 0. The second-order valence-corrected chi connectivity index (χ2v) is 4.69. The predicted molar refractivity (Wildman–Crippen MR) is 79.5 cm³/mol. The summed E-state index contributed by atoms with van der Waals surface area (Å²) >= 11 is 0. The minimum absolute atomic E-state index is 0.779. The van der Waals surface area contributed by atoms with Gasteiger partial charge in [-0.3, -0.25) is 4.79 Å². The summed E-state index contributed by atoms with van der Waals surface area (Å²) in [5, 5.41) is 2.13. The van der Waals surface area contributed by atoms with Gasteiger partial charge in [0.2, 0.25) is 0 Å². The maximum Gasteiger partial charge on any atom is 0.151 e. The van der Waals surface area contributed by atoms with E-state index in [2.05, 4.69) is 13.0 Å². The van der Waals surface area contributed by atoms with E-state index in [1.807, 2.05) is 54.6 Å². The molecule has 19 heavy (non-hydrogen) atoms. The van der Waals surface area contributed by atoms with E-state index in [0.29, 0.717) is 0 Å². The van der Waals surface area contributed by atoms with Crippen LogP contribution in [0, 0.1) is 6.92 Å². The Morgan fingerprint density at radius 3 is 2.32 bits per heavy atom. The lowest BCUT2D eigenvalue weighted by molar-refractivity contribution is 0.112. The van der Waals surface area contributed by atoms with Crippen LogP contribution in [0.15, 0.2) is 60.7 Å². The standard InChI is InChI=1S/C18H14O/c1-13-11-15-9-5-6-10-16(15)17(12-19)18(13)14-7-3-2-4-8-14/h2-12H,1H3. The zero-order valence-corrected chi connectivity index (χ0v) is 10.8. The fourth-order valence-electron chi connectivity index (χ4n) is 2.63. The summed E-state index contributed by atoms with van der Waals surface area (Å²) in [6.45, 7) is 2.06. The van der Waals surface area contributed by atoms with Crippen LogP contribution in [-0.4, -0.2) is 6.29 Å². The molecule has 0 aliphatic carbocycles. The number of aldehydes is 1. The van der Waals surface area contributed by atoms with Gasteiger partial charge < -0.3 is 0 Å². The lowest BCUT2D eigenvalue weighted by Crippen LogP contribution is -1.93. The molecule has 3 aromatic rings. The molecule has 0 fully saturated rings. The molecular formula is C18H14O. The molecule has 1 heteroatoms. The Morgan fingerprint density at radius 1 is 0.895 bits per heavy atom. The third-order valence-electron chi connectivity index (χ3n) is 3.47. The molecule has 3 rings (SSSR count). The molecule has 0 aliphatic rings. The molecule has 0 N–H and O–H groups in total. The van der Waals surface area contributed by atoms with Crippen molar-refractivity contribution in [3.05, 3.63) is 71.8 Å². The lowest BCUT2D eigenvalue weighted by atomic mass is 9.91. The Labute approximate surface area is 112 Å². The van der Waals surface area contributed by atoms with Gasteiger partial charge in [-0.15, -0.1) is 0 Å². The van der Waals surface area contributed by atoms with E-state index in [1.54, 1.807) is 0 Å². The Balaban J connectivity index is 2.42. The average molecular weight is 246 g/mol. The van der Waals surface area contributed by atoms with Gasteiger partial charge in [0, 0.05) is 5.56 Å². The van der Waals surface area contributed by atoms with Crippen molar-refractivity contribution in [2.75, 3.05) is 0 Å². The molecule has 0 amide bonds. The van der Waals surface area contributed by atoms with E-state index in [4.69, 9.17) is 0 Å². The number of aryl methyl sites for hydroxylation is 1. The molecule has 0 aromatic heterocycles. The predicted octanol–water partition coefficient (Wildman–Crippen LogP) is 4.63. The second-order valence-electron chi connectivity index (χ2n) is 4.69. The SMILES string of the molecule is Cc1cc2ccccc2c(C=O)c1-c1ccccc1. The van der Waals surface area contributed by atoms with Crippen molar-refractivity contribution in [3.63, 3.8) is 0 Å². The summed E-state index contributed by atoms with van der Waals surface area (Å²) in [6, 6.07) is 20.2. The highest BCUT2D eigenvalue weighted by molar-refractivity contribution is 6.05. The van der Waals surface area contributed by atoms with Crippen molar-refractivity contribution in [1.82, 2.24) is 0 Å². The number of hydrogen-bond acceptors (Lipinski definition) is 1. The van der Waals surface area contributed by atoms with E-state index < -0.39 is 0 Å².